The van der Waals surface area contributed by atoms with Crippen LogP contribution in [0, 0.1) is 5.92 Å². The van der Waals surface area contributed by atoms with E-state index in [1.54, 1.807) is 0 Å². The molecule has 0 saturated heterocycles. The number of carbonyl (C=O) groups is 1. The molecule has 0 heterocycles. The van der Waals surface area contributed by atoms with Crippen LogP contribution in [-0.2, 0) is 17.6 Å². The molecule has 4 nitrogen and oxygen atoms in total. The molecule has 0 unspecified atom stereocenters. The Balaban J connectivity index is 1.49. The third-order valence-electron chi connectivity index (χ3n) is 5.04. The first-order chi connectivity index (χ1) is 10.1. The predicted molar refractivity (Wildman–Crippen MR) is 80.2 cm³/mol. The van der Waals surface area contributed by atoms with Crippen LogP contribution in [-0.4, -0.2) is 34.4 Å². The second-order valence-corrected chi connectivity index (χ2v) is 6.59. The van der Waals surface area contributed by atoms with Crippen molar-refractivity contribution >= 4 is 5.97 Å². The van der Waals surface area contributed by atoms with Gasteiger partial charge in [-0.25, -0.2) is 0 Å². The molecule has 114 valence electrons. The Hall–Kier alpha value is -1.39. The van der Waals surface area contributed by atoms with E-state index in [0.717, 1.165) is 12.8 Å². The molecular weight excluding hydrogens is 266 g/mol. The Morgan fingerprint density at radius 2 is 1.76 bits per heavy atom. The molecule has 0 atom stereocenters. The van der Waals surface area contributed by atoms with Gasteiger partial charge in [-0.05, 0) is 49.7 Å². The van der Waals surface area contributed by atoms with Crippen molar-refractivity contribution in [2.24, 2.45) is 5.92 Å². The molecule has 2 aliphatic rings. The smallest absolute Gasteiger partial charge is 0.306 e. The van der Waals surface area contributed by atoms with Gasteiger partial charge in [0.25, 0.3) is 0 Å². The Morgan fingerprint density at radius 1 is 1.19 bits per heavy atom. The summed E-state index contributed by atoms with van der Waals surface area (Å²) in [6.45, 7) is 0.567. The van der Waals surface area contributed by atoms with Gasteiger partial charge in [-0.15, -0.1) is 0 Å². The molecule has 4 heteroatoms. The lowest BCUT2D eigenvalue weighted by molar-refractivity contribution is -0.144. The predicted octanol–water partition coefficient (Wildman–Crippen LogP) is 1.75. The van der Waals surface area contributed by atoms with E-state index in [9.17, 15) is 9.90 Å². The molecule has 1 aromatic carbocycles. The molecule has 0 bridgehead atoms. The summed E-state index contributed by atoms with van der Waals surface area (Å²) in [4.78, 5) is 11.0. The summed E-state index contributed by atoms with van der Waals surface area (Å²) in [5.41, 5.74) is 2.06. The molecule has 1 aromatic rings. The maximum absolute atomic E-state index is 11.0. The van der Waals surface area contributed by atoms with Crippen molar-refractivity contribution in [1.29, 1.82) is 0 Å². The summed E-state index contributed by atoms with van der Waals surface area (Å²) < 4.78 is 0. The number of hydrogen-bond donors (Lipinski definition) is 3. The second-order valence-electron chi connectivity index (χ2n) is 6.59. The molecule has 21 heavy (non-hydrogen) atoms. The van der Waals surface area contributed by atoms with E-state index in [2.05, 4.69) is 29.6 Å². The van der Waals surface area contributed by atoms with Crippen molar-refractivity contribution in [1.82, 2.24) is 5.32 Å². The number of fused-ring (bicyclic) bond motifs is 1. The lowest BCUT2D eigenvalue weighted by Gasteiger charge is -2.35. The van der Waals surface area contributed by atoms with Crippen molar-refractivity contribution in [3.8, 4) is 0 Å². The fraction of sp³-hybridized carbons (Fsp3) is 0.588. The van der Waals surface area contributed by atoms with Crippen molar-refractivity contribution in [3.05, 3.63) is 35.4 Å². The number of rotatable bonds is 4. The molecule has 0 aromatic heterocycles. The van der Waals surface area contributed by atoms with Crippen LogP contribution in [0.1, 0.15) is 36.8 Å². The topological polar surface area (TPSA) is 69.6 Å². The van der Waals surface area contributed by atoms with Crippen LogP contribution >= 0.6 is 0 Å². The second kappa shape index (κ2) is 5.78. The van der Waals surface area contributed by atoms with Crippen LogP contribution in [0.3, 0.4) is 0 Å². The Morgan fingerprint density at radius 3 is 2.29 bits per heavy atom. The first kappa shape index (κ1) is 14.5. The highest BCUT2D eigenvalue weighted by molar-refractivity contribution is 5.70. The summed E-state index contributed by atoms with van der Waals surface area (Å²) in [5.74, 6) is -1.00. The molecular formula is C17H23NO3. The molecule has 0 aliphatic heterocycles. The van der Waals surface area contributed by atoms with Gasteiger partial charge in [-0.3, -0.25) is 4.79 Å². The average molecular weight is 289 g/mol. The van der Waals surface area contributed by atoms with E-state index in [0.29, 0.717) is 38.3 Å². The van der Waals surface area contributed by atoms with Gasteiger partial charge in [0.1, 0.15) is 0 Å². The number of aliphatic hydroxyl groups is 1. The van der Waals surface area contributed by atoms with Gasteiger partial charge in [0.05, 0.1) is 11.5 Å². The van der Waals surface area contributed by atoms with E-state index >= 15 is 0 Å². The standard InChI is InChI=1S/C17H23NO3/c19-16(20)12-5-7-17(21,8-6-12)11-18-15-9-13-3-1-2-4-14(13)10-15/h1-4,12,15,18,21H,5-11H2,(H,19,20). The van der Waals surface area contributed by atoms with Gasteiger partial charge in [-0.2, -0.15) is 0 Å². The number of nitrogens with one attached hydrogen (secondary N) is 1. The van der Waals surface area contributed by atoms with E-state index in [1.807, 2.05) is 0 Å². The van der Waals surface area contributed by atoms with Crippen molar-refractivity contribution < 1.29 is 15.0 Å². The van der Waals surface area contributed by atoms with Crippen LogP contribution < -0.4 is 5.32 Å². The first-order valence-electron chi connectivity index (χ1n) is 7.81. The molecule has 0 amide bonds. The molecule has 0 radical (unpaired) electrons. The molecule has 3 N–H and O–H groups in total. The third-order valence-corrected chi connectivity index (χ3v) is 5.04. The minimum atomic E-state index is -0.735. The molecule has 2 aliphatic carbocycles. The summed E-state index contributed by atoms with van der Waals surface area (Å²) >= 11 is 0. The van der Waals surface area contributed by atoms with Crippen LogP contribution in [0.4, 0.5) is 0 Å². The lowest BCUT2D eigenvalue weighted by Crippen LogP contribution is -2.47. The molecule has 0 spiro atoms. The van der Waals surface area contributed by atoms with Gasteiger partial charge < -0.3 is 15.5 Å². The molecule has 1 saturated carbocycles. The van der Waals surface area contributed by atoms with Crippen LogP contribution in [0.2, 0.25) is 0 Å². The molecule has 1 fully saturated rings. The van der Waals surface area contributed by atoms with Crippen molar-refractivity contribution in [2.75, 3.05) is 6.54 Å². The van der Waals surface area contributed by atoms with Crippen molar-refractivity contribution in [2.45, 2.75) is 50.2 Å². The SMILES string of the molecule is O=C(O)C1CCC(O)(CNC2Cc3ccccc3C2)CC1. The Kier molecular flexibility index (Phi) is 4.00. The van der Waals surface area contributed by atoms with Gasteiger partial charge >= 0.3 is 5.97 Å². The summed E-state index contributed by atoms with van der Waals surface area (Å²) in [6.07, 6.45) is 4.36. The van der Waals surface area contributed by atoms with Gasteiger partial charge in [-0.1, -0.05) is 24.3 Å². The fourth-order valence-corrected chi connectivity index (χ4v) is 3.62. The number of carboxylic acids is 1. The van der Waals surface area contributed by atoms with Crippen LogP contribution in [0.25, 0.3) is 0 Å². The quantitative estimate of drug-likeness (QED) is 0.790. The van der Waals surface area contributed by atoms with Crippen molar-refractivity contribution in [3.63, 3.8) is 0 Å². The van der Waals surface area contributed by atoms with E-state index in [4.69, 9.17) is 5.11 Å². The Bertz CT molecular complexity index is 496. The number of carboxylic acid groups (broad SMARTS) is 1. The van der Waals surface area contributed by atoms with Crippen LogP contribution in [0.5, 0.6) is 0 Å². The Labute approximate surface area is 125 Å². The fourth-order valence-electron chi connectivity index (χ4n) is 3.62. The average Bonchev–Trinajstić information content (AvgIpc) is 2.89. The first-order valence-corrected chi connectivity index (χ1v) is 7.81. The van der Waals surface area contributed by atoms with Crippen LogP contribution in [0.15, 0.2) is 24.3 Å². The summed E-state index contributed by atoms with van der Waals surface area (Å²) in [5, 5.41) is 23.1. The van der Waals surface area contributed by atoms with Gasteiger partial charge in [0, 0.05) is 12.6 Å². The van der Waals surface area contributed by atoms with E-state index in [1.165, 1.54) is 11.1 Å². The monoisotopic (exact) mass is 289 g/mol. The zero-order valence-corrected chi connectivity index (χ0v) is 12.2. The number of hydrogen-bond acceptors (Lipinski definition) is 3. The lowest BCUT2D eigenvalue weighted by atomic mass is 9.78. The molecule has 3 rings (SSSR count). The van der Waals surface area contributed by atoms with Gasteiger partial charge in [0.15, 0.2) is 0 Å². The van der Waals surface area contributed by atoms with E-state index < -0.39 is 11.6 Å². The number of benzene rings is 1. The highest BCUT2D eigenvalue weighted by Gasteiger charge is 2.36. The van der Waals surface area contributed by atoms with Gasteiger partial charge in [0.2, 0.25) is 0 Å². The highest BCUT2D eigenvalue weighted by atomic mass is 16.4. The third kappa shape index (κ3) is 3.27. The number of aliphatic carboxylic acids is 1. The maximum atomic E-state index is 11.0. The van der Waals surface area contributed by atoms with E-state index in [-0.39, 0.29) is 5.92 Å². The minimum absolute atomic E-state index is 0.277. The zero-order valence-electron chi connectivity index (χ0n) is 12.2. The zero-order chi connectivity index (χ0) is 14.9. The normalized spacial score (nSPS) is 29.3. The minimum Gasteiger partial charge on any atom is -0.481 e. The highest BCUT2D eigenvalue weighted by Crippen LogP contribution is 2.32. The summed E-state index contributed by atoms with van der Waals surface area (Å²) in [7, 11) is 0. The summed E-state index contributed by atoms with van der Waals surface area (Å²) in [6, 6.07) is 8.88. The largest absolute Gasteiger partial charge is 0.481 e. The maximum Gasteiger partial charge on any atom is 0.306 e.